The number of aromatic nitrogens is 1. The van der Waals surface area contributed by atoms with E-state index in [2.05, 4.69) is 18.7 Å². The van der Waals surface area contributed by atoms with Gasteiger partial charge in [0.25, 0.3) is 0 Å². The zero-order chi connectivity index (χ0) is 22.8. The van der Waals surface area contributed by atoms with E-state index in [9.17, 15) is 4.79 Å². The number of nitrogens with zero attached hydrogens (tertiary/aromatic N) is 3. The molecule has 1 aromatic carbocycles. The van der Waals surface area contributed by atoms with E-state index in [1.165, 1.54) is 0 Å². The van der Waals surface area contributed by atoms with Crippen LogP contribution < -0.4 is 15.2 Å². The smallest absolute Gasteiger partial charge is 0.236 e. The molecule has 2 fully saturated rings. The van der Waals surface area contributed by atoms with Crippen molar-refractivity contribution in [1.29, 1.82) is 0 Å². The summed E-state index contributed by atoms with van der Waals surface area (Å²) in [4.78, 5) is 21.9. The van der Waals surface area contributed by atoms with Crippen molar-refractivity contribution in [2.45, 2.75) is 44.8 Å². The first kappa shape index (κ1) is 22.6. The Bertz CT molecular complexity index is 964. The number of hydrogen-bond donors (Lipinski definition) is 1. The van der Waals surface area contributed by atoms with Crippen molar-refractivity contribution in [2.75, 3.05) is 52.7 Å². The molecule has 1 aromatic heterocycles. The highest BCUT2D eigenvalue weighted by atomic mass is 16.5. The Balaban J connectivity index is 1.42. The van der Waals surface area contributed by atoms with Gasteiger partial charge in [-0.2, -0.15) is 0 Å². The van der Waals surface area contributed by atoms with Gasteiger partial charge in [0.15, 0.2) is 11.5 Å². The van der Waals surface area contributed by atoms with Crippen LogP contribution in [-0.4, -0.2) is 79.8 Å². The summed E-state index contributed by atoms with van der Waals surface area (Å²) in [5, 5.41) is 0.922. The quantitative estimate of drug-likeness (QED) is 0.761. The third-order valence-corrected chi connectivity index (χ3v) is 6.47. The number of morpholine rings is 1. The third kappa shape index (κ3) is 4.76. The van der Waals surface area contributed by atoms with Gasteiger partial charge in [-0.3, -0.25) is 14.7 Å². The van der Waals surface area contributed by atoms with Crippen LogP contribution in [0.2, 0.25) is 0 Å². The standard InChI is InChI=1S/C24H34N4O4/c1-15-12-27(13-16(2)32-15)14-23(29)28-7-5-17(6-8-28)24-19(25)9-18-10-21(30-3)22(31-4)11-20(18)26-24/h9-11,15-17H,5-8,12-14,25H2,1-4H3. The molecule has 3 heterocycles. The van der Waals surface area contributed by atoms with Gasteiger partial charge in [-0.25, -0.2) is 0 Å². The van der Waals surface area contributed by atoms with Crippen LogP contribution in [0, 0.1) is 0 Å². The van der Waals surface area contributed by atoms with Gasteiger partial charge < -0.3 is 24.8 Å². The molecule has 174 valence electrons. The number of nitrogens with two attached hydrogens (primary N) is 1. The van der Waals surface area contributed by atoms with Gasteiger partial charge >= 0.3 is 0 Å². The summed E-state index contributed by atoms with van der Waals surface area (Å²) in [5.41, 5.74) is 8.82. The molecule has 2 saturated heterocycles. The van der Waals surface area contributed by atoms with E-state index < -0.39 is 0 Å². The summed E-state index contributed by atoms with van der Waals surface area (Å²) in [6, 6.07) is 5.74. The molecule has 8 heteroatoms. The Morgan fingerprint density at radius 2 is 1.72 bits per heavy atom. The lowest BCUT2D eigenvalue weighted by molar-refractivity contribution is -0.136. The van der Waals surface area contributed by atoms with Gasteiger partial charge in [-0.05, 0) is 38.8 Å². The Labute approximate surface area is 189 Å². The normalized spacial score (nSPS) is 22.8. The summed E-state index contributed by atoms with van der Waals surface area (Å²) in [7, 11) is 3.23. The van der Waals surface area contributed by atoms with Crippen molar-refractivity contribution in [3.63, 3.8) is 0 Å². The third-order valence-electron chi connectivity index (χ3n) is 6.47. The number of likely N-dealkylation sites (tertiary alicyclic amines) is 1. The molecule has 0 spiro atoms. The second kappa shape index (κ2) is 9.50. The Morgan fingerprint density at radius 3 is 2.34 bits per heavy atom. The van der Waals surface area contributed by atoms with Gasteiger partial charge in [-0.1, -0.05) is 0 Å². The van der Waals surface area contributed by atoms with Crippen LogP contribution in [0.15, 0.2) is 18.2 Å². The van der Waals surface area contributed by atoms with Crippen LogP contribution >= 0.6 is 0 Å². The Kier molecular flexibility index (Phi) is 6.71. The van der Waals surface area contributed by atoms with Crippen LogP contribution in [-0.2, 0) is 9.53 Å². The van der Waals surface area contributed by atoms with Gasteiger partial charge in [-0.15, -0.1) is 0 Å². The summed E-state index contributed by atoms with van der Waals surface area (Å²) in [6.45, 7) is 7.64. The summed E-state index contributed by atoms with van der Waals surface area (Å²) < 4.78 is 16.6. The van der Waals surface area contributed by atoms with E-state index in [0.29, 0.717) is 23.7 Å². The van der Waals surface area contributed by atoms with Gasteiger partial charge in [0.2, 0.25) is 5.91 Å². The number of hydrogen-bond acceptors (Lipinski definition) is 7. The molecule has 2 aliphatic heterocycles. The van der Waals surface area contributed by atoms with Crippen molar-refractivity contribution in [3.8, 4) is 11.5 Å². The number of carbonyl (C=O) groups excluding carboxylic acids is 1. The number of benzene rings is 1. The molecule has 2 N–H and O–H groups in total. The van der Waals surface area contributed by atoms with Gasteiger partial charge in [0.05, 0.1) is 49.9 Å². The summed E-state index contributed by atoms with van der Waals surface area (Å²) in [5.74, 6) is 1.74. The lowest BCUT2D eigenvalue weighted by atomic mass is 9.91. The summed E-state index contributed by atoms with van der Waals surface area (Å²) >= 11 is 0. The average Bonchev–Trinajstić information content (AvgIpc) is 2.77. The highest BCUT2D eigenvalue weighted by molar-refractivity contribution is 5.86. The highest BCUT2D eigenvalue weighted by Crippen LogP contribution is 2.36. The van der Waals surface area contributed by atoms with Crippen molar-refractivity contribution >= 4 is 22.5 Å². The molecule has 2 atom stereocenters. The van der Waals surface area contributed by atoms with Crippen LogP contribution in [0.3, 0.4) is 0 Å². The number of fused-ring (bicyclic) bond motifs is 1. The van der Waals surface area contributed by atoms with E-state index in [4.69, 9.17) is 24.9 Å². The molecular weight excluding hydrogens is 408 g/mol. The van der Waals surface area contributed by atoms with E-state index in [0.717, 1.165) is 55.6 Å². The second-order valence-electron chi connectivity index (χ2n) is 8.97. The summed E-state index contributed by atoms with van der Waals surface area (Å²) in [6.07, 6.45) is 2.05. The first-order chi connectivity index (χ1) is 15.4. The minimum Gasteiger partial charge on any atom is -0.493 e. The maximum absolute atomic E-state index is 12.9. The maximum atomic E-state index is 12.9. The minimum atomic E-state index is 0.165. The minimum absolute atomic E-state index is 0.165. The fourth-order valence-corrected chi connectivity index (χ4v) is 4.97. The van der Waals surface area contributed by atoms with E-state index in [-0.39, 0.29) is 24.0 Å². The van der Waals surface area contributed by atoms with Crippen molar-refractivity contribution in [3.05, 3.63) is 23.9 Å². The molecule has 8 nitrogen and oxygen atoms in total. The molecule has 32 heavy (non-hydrogen) atoms. The van der Waals surface area contributed by atoms with Crippen LogP contribution in [0.25, 0.3) is 10.9 Å². The lowest BCUT2D eigenvalue weighted by Crippen LogP contribution is -2.50. The van der Waals surface area contributed by atoms with Gasteiger partial charge in [0, 0.05) is 43.5 Å². The van der Waals surface area contributed by atoms with E-state index >= 15 is 0 Å². The van der Waals surface area contributed by atoms with Crippen molar-refractivity contribution < 1.29 is 19.0 Å². The molecular formula is C24H34N4O4. The topological polar surface area (TPSA) is 90.2 Å². The monoisotopic (exact) mass is 442 g/mol. The predicted octanol–water partition coefficient (Wildman–Crippen LogP) is 2.65. The molecule has 1 amide bonds. The van der Waals surface area contributed by atoms with E-state index in [1.54, 1.807) is 14.2 Å². The highest BCUT2D eigenvalue weighted by Gasteiger charge is 2.29. The zero-order valence-corrected chi connectivity index (χ0v) is 19.5. The number of nitrogen functional groups attached to an aromatic ring is 1. The lowest BCUT2D eigenvalue weighted by Gasteiger charge is -2.37. The number of rotatable bonds is 5. The molecule has 2 aromatic rings. The molecule has 0 aliphatic carbocycles. The number of anilines is 1. The average molecular weight is 443 g/mol. The first-order valence-corrected chi connectivity index (χ1v) is 11.4. The fourth-order valence-electron chi connectivity index (χ4n) is 4.97. The SMILES string of the molecule is COc1cc2cc(N)c(C3CCN(C(=O)CN4CC(C)OC(C)C4)CC3)nc2cc1OC. The maximum Gasteiger partial charge on any atom is 0.236 e. The van der Waals surface area contributed by atoms with Crippen LogP contribution in [0.1, 0.15) is 38.3 Å². The number of methoxy groups -OCH3 is 2. The number of carbonyl (C=O) groups is 1. The molecule has 0 saturated carbocycles. The second-order valence-corrected chi connectivity index (χ2v) is 8.97. The predicted molar refractivity (Wildman–Crippen MR) is 124 cm³/mol. The van der Waals surface area contributed by atoms with Crippen molar-refractivity contribution in [1.82, 2.24) is 14.8 Å². The number of pyridine rings is 1. The van der Waals surface area contributed by atoms with Crippen molar-refractivity contribution in [2.24, 2.45) is 0 Å². The molecule has 4 rings (SSSR count). The molecule has 2 unspecified atom stereocenters. The Morgan fingerprint density at radius 1 is 1.09 bits per heavy atom. The number of ether oxygens (including phenoxy) is 3. The number of piperidine rings is 1. The first-order valence-electron chi connectivity index (χ1n) is 11.4. The Hall–Kier alpha value is -2.58. The zero-order valence-electron chi connectivity index (χ0n) is 19.5. The van der Waals surface area contributed by atoms with E-state index in [1.807, 2.05) is 23.1 Å². The largest absolute Gasteiger partial charge is 0.493 e. The van der Waals surface area contributed by atoms with Crippen LogP contribution in [0.4, 0.5) is 5.69 Å². The number of amides is 1. The molecule has 2 aliphatic rings. The fraction of sp³-hybridized carbons (Fsp3) is 0.583. The van der Waals surface area contributed by atoms with Crippen LogP contribution in [0.5, 0.6) is 11.5 Å². The van der Waals surface area contributed by atoms with Gasteiger partial charge in [0.1, 0.15) is 0 Å². The molecule has 0 radical (unpaired) electrons. The molecule has 0 bridgehead atoms.